The van der Waals surface area contributed by atoms with Crippen LogP contribution in [0.15, 0.2) is 36.4 Å². The molecule has 0 aromatic heterocycles. The van der Waals surface area contributed by atoms with E-state index in [9.17, 15) is 4.79 Å². The highest BCUT2D eigenvalue weighted by Crippen LogP contribution is 2.29. The molecule has 104 valence electrons. The first-order valence-corrected chi connectivity index (χ1v) is 6.82. The van der Waals surface area contributed by atoms with Crippen molar-refractivity contribution in [2.45, 2.75) is 13.3 Å². The SMILES string of the molecule is Cc1cc(Cl)c(NC(=O)Cc2ccccc2N)cc1Cl. The molecule has 0 aliphatic heterocycles. The second-order valence-corrected chi connectivity index (χ2v) is 5.32. The van der Waals surface area contributed by atoms with Crippen LogP contribution in [0, 0.1) is 6.92 Å². The number of amides is 1. The fourth-order valence-electron chi connectivity index (χ4n) is 1.80. The lowest BCUT2D eigenvalue weighted by Crippen LogP contribution is -2.15. The summed E-state index contributed by atoms with van der Waals surface area (Å²) in [6.07, 6.45) is 0.189. The molecule has 2 aromatic rings. The van der Waals surface area contributed by atoms with E-state index in [0.29, 0.717) is 21.4 Å². The Morgan fingerprint density at radius 1 is 1.20 bits per heavy atom. The molecule has 2 rings (SSSR count). The van der Waals surface area contributed by atoms with Gasteiger partial charge in [-0.25, -0.2) is 0 Å². The number of nitrogen functional groups attached to an aromatic ring is 1. The van der Waals surface area contributed by atoms with Gasteiger partial charge in [-0.15, -0.1) is 0 Å². The highest BCUT2D eigenvalue weighted by Gasteiger charge is 2.10. The summed E-state index contributed by atoms with van der Waals surface area (Å²) < 4.78 is 0. The van der Waals surface area contributed by atoms with Gasteiger partial charge in [0.05, 0.1) is 17.1 Å². The number of carbonyl (C=O) groups excluding carboxylic acids is 1. The second-order valence-electron chi connectivity index (χ2n) is 4.51. The summed E-state index contributed by atoms with van der Waals surface area (Å²) in [5, 5.41) is 3.76. The van der Waals surface area contributed by atoms with Crippen molar-refractivity contribution in [2.24, 2.45) is 0 Å². The summed E-state index contributed by atoms with van der Waals surface area (Å²) in [6.45, 7) is 1.85. The van der Waals surface area contributed by atoms with Crippen LogP contribution in [-0.2, 0) is 11.2 Å². The predicted molar refractivity (Wildman–Crippen MR) is 84.4 cm³/mol. The third-order valence-electron chi connectivity index (χ3n) is 2.93. The molecule has 0 saturated heterocycles. The number of hydrogen-bond acceptors (Lipinski definition) is 2. The van der Waals surface area contributed by atoms with Gasteiger partial charge in [0.15, 0.2) is 0 Å². The smallest absolute Gasteiger partial charge is 0.228 e. The number of hydrogen-bond donors (Lipinski definition) is 2. The standard InChI is InChI=1S/C15H14Cl2N2O/c1-9-6-12(17)14(8-11(9)16)19-15(20)7-10-4-2-3-5-13(10)18/h2-6,8H,7,18H2,1H3,(H,19,20). The fourth-order valence-corrected chi connectivity index (χ4v) is 2.23. The zero-order valence-corrected chi connectivity index (χ0v) is 12.4. The van der Waals surface area contributed by atoms with Crippen LogP contribution in [0.5, 0.6) is 0 Å². The summed E-state index contributed by atoms with van der Waals surface area (Å²) in [5.74, 6) is -0.190. The summed E-state index contributed by atoms with van der Waals surface area (Å²) in [4.78, 5) is 12.0. The second kappa shape index (κ2) is 6.16. The van der Waals surface area contributed by atoms with Crippen molar-refractivity contribution in [1.29, 1.82) is 0 Å². The maximum absolute atomic E-state index is 12.0. The highest BCUT2D eigenvalue weighted by atomic mass is 35.5. The van der Waals surface area contributed by atoms with Crippen molar-refractivity contribution in [3.63, 3.8) is 0 Å². The zero-order chi connectivity index (χ0) is 14.7. The predicted octanol–water partition coefficient (Wildman–Crippen LogP) is 4.07. The van der Waals surface area contributed by atoms with Crippen molar-refractivity contribution in [1.82, 2.24) is 0 Å². The van der Waals surface area contributed by atoms with Crippen molar-refractivity contribution in [3.8, 4) is 0 Å². The maximum atomic E-state index is 12.0. The number of halogens is 2. The molecule has 0 unspecified atom stereocenters. The average Bonchev–Trinajstić information content (AvgIpc) is 2.39. The van der Waals surface area contributed by atoms with E-state index in [2.05, 4.69) is 5.32 Å². The maximum Gasteiger partial charge on any atom is 0.228 e. The van der Waals surface area contributed by atoms with Crippen molar-refractivity contribution >= 4 is 40.5 Å². The molecule has 0 fully saturated rings. The van der Waals surface area contributed by atoms with Crippen LogP contribution in [0.1, 0.15) is 11.1 Å². The fraction of sp³-hybridized carbons (Fsp3) is 0.133. The number of benzene rings is 2. The monoisotopic (exact) mass is 308 g/mol. The van der Waals surface area contributed by atoms with Gasteiger partial charge in [-0.1, -0.05) is 41.4 Å². The van der Waals surface area contributed by atoms with E-state index >= 15 is 0 Å². The molecule has 20 heavy (non-hydrogen) atoms. The van der Waals surface area contributed by atoms with E-state index in [4.69, 9.17) is 28.9 Å². The number of para-hydroxylation sites is 1. The normalized spacial score (nSPS) is 10.3. The third kappa shape index (κ3) is 3.44. The van der Waals surface area contributed by atoms with Crippen LogP contribution in [0.3, 0.4) is 0 Å². The minimum absolute atomic E-state index is 0.189. The van der Waals surface area contributed by atoms with E-state index in [1.165, 1.54) is 0 Å². The average molecular weight is 309 g/mol. The quantitative estimate of drug-likeness (QED) is 0.840. The molecule has 5 heteroatoms. The van der Waals surface area contributed by atoms with Gasteiger partial charge in [0.1, 0.15) is 0 Å². The Bertz CT molecular complexity index is 656. The summed E-state index contributed by atoms with van der Waals surface area (Å²) >= 11 is 12.1. The molecular formula is C15H14Cl2N2O. The van der Waals surface area contributed by atoms with E-state index in [1.807, 2.05) is 25.1 Å². The van der Waals surface area contributed by atoms with E-state index in [-0.39, 0.29) is 12.3 Å². The topological polar surface area (TPSA) is 55.1 Å². The molecule has 0 heterocycles. The third-order valence-corrected chi connectivity index (χ3v) is 3.65. The van der Waals surface area contributed by atoms with Crippen LogP contribution in [0.2, 0.25) is 10.0 Å². The number of anilines is 2. The van der Waals surface area contributed by atoms with Gasteiger partial charge in [-0.3, -0.25) is 4.79 Å². The van der Waals surface area contributed by atoms with E-state index < -0.39 is 0 Å². The van der Waals surface area contributed by atoms with Gasteiger partial charge < -0.3 is 11.1 Å². The number of rotatable bonds is 3. The Morgan fingerprint density at radius 2 is 1.90 bits per heavy atom. The molecular weight excluding hydrogens is 295 g/mol. The Morgan fingerprint density at radius 3 is 2.60 bits per heavy atom. The Hall–Kier alpha value is -1.71. The summed E-state index contributed by atoms with van der Waals surface area (Å²) in [5.41, 5.74) is 8.54. The molecule has 0 aliphatic carbocycles. The molecule has 0 saturated carbocycles. The van der Waals surface area contributed by atoms with Crippen LogP contribution < -0.4 is 11.1 Å². The molecule has 2 aromatic carbocycles. The largest absolute Gasteiger partial charge is 0.398 e. The first kappa shape index (κ1) is 14.7. The highest BCUT2D eigenvalue weighted by molar-refractivity contribution is 6.36. The molecule has 3 nitrogen and oxygen atoms in total. The number of nitrogens with one attached hydrogen (secondary N) is 1. The first-order valence-electron chi connectivity index (χ1n) is 6.06. The number of nitrogens with two attached hydrogens (primary N) is 1. The Balaban J connectivity index is 2.13. The molecule has 0 spiro atoms. The molecule has 0 bridgehead atoms. The van der Waals surface area contributed by atoms with Gasteiger partial charge >= 0.3 is 0 Å². The summed E-state index contributed by atoms with van der Waals surface area (Å²) in [6, 6.07) is 10.6. The van der Waals surface area contributed by atoms with Gasteiger partial charge in [0.2, 0.25) is 5.91 Å². The van der Waals surface area contributed by atoms with Crippen LogP contribution in [-0.4, -0.2) is 5.91 Å². The van der Waals surface area contributed by atoms with Crippen molar-refractivity contribution in [3.05, 3.63) is 57.6 Å². The van der Waals surface area contributed by atoms with Crippen molar-refractivity contribution < 1.29 is 4.79 Å². The van der Waals surface area contributed by atoms with Gasteiger partial charge in [0.25, 0.3) is 0 Å². The Kier molecular flexibility index (Phi) is 4.53. The lowest BCUT2D eigenvalue weighted by atomic mass is 10.1. The van der Waals surface area contributed by atoms with Crippen molar-refractivity contribution in [2.75, 3.05) is 11.1 Å². The number of carbonyl (C=O) groups is 1. The van der Waals surface area contributed by atoms with Crippen LogP contribution in [0.25, 0.3) is 0 Å². The zero-order valence-electron chi connectivity index (χ0n) is 10.9. The van der Waals surface area contributed by atoms with Gasteiger partial charge in [0, 0.05) is 10.7 Å². The molecule has 1 amide bonds. The number of aryl methyl sites for hydroxylation is 1. The first-order chi connectivity index (χ1) is 9.47. The molecule has 0 atom stereocenters. The Labute approximate surface area is 127 Å². The lowest BCUT2D eigenvalue weighted by molar-refractivity contribution is -0.115. The van der Waals surface area contributed by atoms with Gasteiger partial charge in [-0.05, 0) is 36.2 Å². The molecule has 0 radical (unpaired) electrons. The van der Waals surface area contributed by atoms with Crippen LogP contribution >= 0.6 is 23.2 Å². The van der Waals surface area contributed by atoms with E-state index in [0.717, 1.165) is 11.1 Å². The minimum atomic E-state index is -0.190. The molecule has 3 N–H and O–H groups in total. The molecule has 0 aliphatic rings. The van der Waals surface area contributed by atoms with Crippen LogP contribution in [0.4, 0.5) is 11.4 Å². The lowest BCUT2D eigenvalue weighted by Gasteiger charge is -2.10. The minimum Gasteiger partial charge on any atom is -0.398 e. The van der Waals surface area contributed by atoms with Gasteiger partial charge in [-0.2, -0.15) is 0 Å². The van der Waals surface area contributed by atoms with E-state index in [1.54, 1.807) is 18.2 Å². The summed E-state index contributed by atoms with van der Waals surface area (Å²) in [7, 11) is 0.